The highest BCUT2D eigenvalue weighted by Crippen LogP contribution is 2.26. The summed E-state index contributed by atoms with van der Waals surface area (Å²) in [5.74, 6) is -0.476. The topological polar surface area (TPSA) is 82.4 Å². The third-order valence-corrected chi connectivity index (χ3v) is 2.91. The van der Waals surface area contributed by atoms with Crippen LogP contribution in [0.15, 0.2) is 18.2 Å². The summed E-state index contributed by atoms with van der Waals surface area (Å²) in [5.41, 5.74) is 1.21. The molecule has 0 aromatic heterocycles. The van der Waals surface area contributed by atoms with Gasteiger partial charge in [0.2, 0.25) is 0 Å². The Labute approximate surface area is 123 Å². The van der Waals surface area contributed by atoms with Crippen LogP contribution in [0.2, 0.25) is 0 Å². The van der Waals surface area contributed by atoms with Gasteiger partial charge in [-0.2, -0.15) is 5.26 Å². The summed E-state index contributed by atoms with van der Waals surface area (Å²) in [6.07, 6.45) is 0. The normalized spacial score (nSPS) is 14.0. The number of nitrogens with zero attached hydrogens (tertiary/aromatic N) is 2. The molecule has 110 valence electrons. The molecule has 1 aromatic carbocycles. The molecule has 6 nitrogen and oxygen atoms in total. The van der Waals surface area contributed by atoms with Crippen LogP contribution in [0, 0.1) is 11.3 Å². The standard InChI is InChI=1S/C15H17N3O3/c1-15(2,3)21-13(19)9-18-8-11-10(7-16)5-4-6-12(11)17-14(18)20/h4-6H,8-9H2,1-3H3,(H,17,20). The fraction of sp³-hybridized carbons (Fsp3) is 0.400. The van der Waals surface area contributed by atoms with Gasteiger partial charge in [-0.3, -0.25) is 4.79 Å². The molecule has 1 heterocycles. The van der Waals surface area contributed by atoms with Crippen LogP contribution in [0.25, 0.3) is 0 Å². The first kappa shape index (κ1) is 14.9. The molecule has 0 spiro atoms. The van der Waals surface area contributed by atoms with Gasteiger partial charge < -0.3 is 15.0 Å². The summed E-state index contributed by atoms with van der Waals surface area (Å²) < 4.78 is 5.21. The quantitative estimate of drug-likeness (QED) is 0.846. The van der Waals surface area contributed by atoms with Crippen molar-refractivity contribution < 1.29 is 14.3 Å². The van der Waals surface area contributed by atoms with Gasteiger partial charge in [0.15, 0.2) is 0 Å². The predicted octanol–water partition coefficient (Wildman–Crippen LogP) is 2.25. The number of carbonyl (C=O) groups is 2. The van der Waals surface area contributed by atoms with Crippen LogP contribution < -0.4 is 5.32 Å². The van der Waals surface area contributed by atoms with Crippen LogP contribution in [0.4, 0.5) is 10.5 Å². The molecule has 6 heteroatoms. The minimum atomic E-state index is -0.598. The molecule has 1 N–H and O–H groups in total. The zero-order valence-corrected chi connectivity index (χ0v) is 12.3. The highest BCUT2D eigenvalue weighted by atomic mass is 16.6. The Balaban J connectivity index is 2.15. The zero-order valence-electron chi connectivity index (χ0n) is 12.3. The van der Waals surface area contributed by atoms with Crippen LogP contribution in [0.3, 0.4) is 0 Å². The number of rotatable bonds is 2. The molecule has 0 unspecified atom stereocenters. The molecule has 0 fully saturated rings. The van der Waals surface area contributed by atoms with E-state index in [1.165, 1.54) is 4.90 Å². The Kier molecular flexibility index (Phi) is 3.85. The monoisotopic (exact) mass is 287 g/mol. The maximum Gasteiger partial charge on any atom is 0.326 e. The Bertz CT molecular complexity index is 626. The lowest BCUT2D eigenvalue weighted by Crippen LogP contribution is -2.43. The molecule has 1 aliphatic rings. The number of nitrogens with one attached hydrogen (secondary N) is 1. The van der Waals surface area contributed by atoms with Crippen molar-refractivity contribution in [3.63, 3.8) is 0 Å². The van der Waals surface area contributed by atoms with E-state index in [1.807, 2.05) is 0 Å². The number of fused-ring (bicyclic) bond motifs is 1. The van der Waals surface area contributed by atoms with Crippen molar-refractivity contribution in [3.8, 4) is 6.07 Å². The van der Waals surface area contributed by atoms with Crippen molar-refractivity contribution in [2.24, 2.45) is 0 Å². The average Bonchev–Trinajstić information content (AvgIpc) is 2.36. The van der Waals surface area contributed by atoms with Crippen molar-refractivity contribution in [1.29, 1.82) is 5.26 Å². The molecule has 0 bridgehead atoms. The van der Waals surface area contributed by atoms with Gasteiger partial charge in [-0.25, -0.2) is 4.79 Å². The summed E-state index contributed by atoms with van der Waals surface area (Å²) in [6.45, 7) is 5.37. The average molecular weight is 287 g/mol. The summed E-state index contributed by atoms with van der Waals surface area (Å²) in [6, 6.07) is 6.84. The maximum absolute atomic E-state index is 12.0. The number of anilines is 1. The lowest BCUT2D eigenvalue weighted by molar-refractivity contribution is -0.155. The zero-order chi connectivity index (χ0) is 15.6. The number of hydrogen-bond acceptors (Lipinski definition) is 4. The first-order chi connectivity index (χ1) is 9.80. The number of urea groups is 1. The molecule has 0 atom stereocenters. The van der Waals surface area contributed by atoms with Crippen molar-refractivity contribution in [2.75, 3.05) is 11.9 Å². The second-order valence-electron chi connectivity index (χ2n) is 5.82. The van der Waals surface area contributed by atoms with E-state index in [1.54, 1.807) is 39.0 Å². The number of carbonyl (C=O) groups excluding carboxylic acids is 2. The molecular weight excluding hydrogens is 270 g/mol. The lowest BCUT2D eigenvalue weighted by Gasteiger charge is -2.30. The fourth-order valence-corrected chi connectivity index (χ4v) is 2.09. The van der Waals surface area contributed by atoms with Crippen molar-refractivity contribution in [1.82, 2.24) is 4.90 Å². The predicted molar refractivity (Wildman–Crippen MR) is 76.4 cm³/mol. The number of nitriles is 1. The Morgan fingerprint density at radius 1 is 1.48 bits per heavy atom. The van der Waals surface area contributed by atoms with E-state index >= 15 is 0 Å². The summed E-state index contributed by atoms with van der Waals surface area (Å²) in [4.78, 5) is 25.1. The number of hydrogen-bond donors (Lipinski definition) is 1. The van der Waals surface area contributed by atoms with Gasteiger partial charge in [-0.05, 0) is 32.9 Å². The molecule has 0 aliphatic carbocycles. The maximum atomic E-state index is 12.0. The van der Waals surface area contributed by atoms with Gasteiger partial charge in [0.1, 0.15) is 12.1 Å². The second-order valence-corrected chi connectivity index (χ2v) is 5.82. The first-order valence-corrected chi connectivity index (χ1v) is 6.60. The van der Waals surface area contributed by atoms with Gasteiger partial charge in [0.05, 0.1) is 18.2 Å². The van der Waals surface area contributed by atoms with E-state index in [0.29, 0.717) is 16.8 Å². The minimum absolute atomic E-state index is 0.150. The Hall–Kier alpha value is -2.55. The highest BCUT2D eigenvalue weighted by Gasteiger charge is 2.27. The number of amides is 2. The number of benzene rings is 1. The van der Waals surface area contributed by atoms with E-state index in [0.717, 1.165) is 0 Å². The number of ether oxygens (including phenoxy) is 1. The van der Waals surface area contributed by atoms with Gasteiger partial charge in [0, 0.05) is 11.3 Å². The van der Waals surface area contributed by atoms with Crippen LogP contribution in [0.1, 0.15) is 31.9 Å². The van der Waals surface area contributed by atoms with E-state index in [9.17, 15) is 9.59 Å². The SMILES string of the molecule is CC(C)(C)OC(=O)CN1Cc2c(C#N)cccc2NC1=O. The molecular formula is C15H17N3O3. The third kappa shape index (κ3) is 3.51. The van der Waals surface area contributed by atoms with Crippen molar-refractivity contribution in [3.05, 3.63) is 29.3 Å². The minimum Gasteiger partial charge on any atom is -0.459 e. The third-order valence-electron chi connectivity index (χ3n) is 2.91. The van der Waals surface area contributed by atoms with Gasteiger partial charge in [0.25, 0.3) is 0 Å². The number of esters is 1. The Morgan fingerprint density at radius 3 is 2.81 bits per heavy atom. The smallest absolute Gasteiger partial charge is 0.326 e. The molecule has 0 saturated heterocycles. The van der Waals surface area contributed by atoms with Crippen LogP contribution >= 0.6 is 0 Å². The molecule has 2 amide bonds. The highest BCUT2D eigenvalue weighted by molar-refractivity contribution is 5.94. The van der Waals surface area contributed by atoms with Gasteiger partial charge in [-0.15, -0.1) is 0 Å². The summed E-state index contributed by atoms with van der Waals surface area (Å²) in [7, 11) is 0. The van der Waals surface area contributed by atoms with E-state index in [2.05, 4.69) is 11.4 Å². The lowest BCUT2D eigenvalue weighted by atomic mass is 10.0. The van der Waals surface area contributed by atoms with Crippen LogP contribution in [-0.4, -0.2) is 29.0 Å². The molecule has 2 rings (SSSR count). The van der Waals surface area contributed by atoms with Crippen LogP contribution in [0.5, 0.6) is 0 Å². The Morgan fingerprint density at radius 2 is 2.19 bits per heavy atom. The van der Waals surface area contributed by atoms with Crippen molar-refractivity contribution >= 4 is 17.7 Å². The molecule has 0 radical (unpaired) electrons. The largest absolute Gasteiger partial charge is 0.459 e. The molecule has 1 aliphatic heterocycles. The summed E-state index contributed by atoms with van der Waals surface area (Å²) in [5, 5.41) is 11.8. The van der Waals surface area contributed by atoms with E-state index < -0.39 is 11.6 Å². The first-order valence-electron chi connectivity index (χ1n) is 6.60. The second kappa shape index (κ2) is 5.44. The molecule has 1 aromatic rings. The fourth-order valence-electron chi connectivity index (χ4n) is 2.09. The summed E-state index contributed by atoms with van der Waals surface area (Å²) >= 11 is 0. The molecule has 21 heavy (non-hydrogen) atoms. The molecule has 0 saturated carbocycles. The van der Waals surface area contributed by atoms with Crippen molar-refractivity contribution in [2.45, 2.75) is 32.9 Å². The van der Waals surface area contributed by atoms with E-state index in [-0.39, 0.29) is 19.1 Å². The van der Waals surface area contributed by atoms with E-state index in [4.69, 9.17) is 10.00 Å². The van der Waals surface area contributed by atoms with Gasteiger partial charge >= 0.3 is 12.0 Å². The van der Waals surface area contributed by atoms with Gasteiger partial charge in [-0.1, -0.05) is 6.07 Å². The van der Waals surface area contributed by atoms with Crippen LogP contribution in [-0.2, 0) is 16.1 Å².